The second-order valence-corrected chi connectivity index (χ2v) is 5.54. The first kappa shape index (κ1) is 14.2. The molecule has 1 fully saturated rings. The molecular formula is C16H21NO4. The number of phenols is 1. The molecule has 0 saturated heterocycles. The number of fused-ring (bicyclic) bond motifs is 3. The van der Waals surface area contributed by atoms with Crippen LogP contribution in [0.4, 0.5) is 5.69 Å². The fraction of sp³-hybridized carbons (Fsp3) is 0.562. The Bertz CT molecular complexity index is 543. The standard InChI is InChI=1S/C16H21NO4/c1-2-20-6-7-21-15-9-12-10(8-14(15)19)16-11(17-12)4-3-5-13(16)18/h8-9,11,16-17,19H,2-7H2,1H3. The number of phenolic OH excluding ortho intramolecular Hbond substituents is 1. The van der Waals surface area contributed by atoms with Gasteiger partial charge < -0.3 is 19.9 Å². The van der Waals surface area contributed by atoms with Crippen molar-refractivity contribution in [3.05, 3.63) is 17.7 Å². The highest BCUT2D eigenvalue weighted by molar-refractivity contribution is 5.92. The molecule has 2 unspecified atom stereocenters. The monoisotopic (exact) mass is 291 g/mol. The third-order valence-corrected chi connectivity index (χ3v) is 4.18. The number of aromatic hydroxyl groups is 1. The zero-order valence-electron chi connectivity index (χ0n) is 12.2. The molecule has 3 rings (SSSR count). The van der Waals surface area contributed by atoms with Gasteiger partial charge in [0.15, 0.2) is 11.5 Å². The minimum atomic E-state index is -0.114. The van der Waals surface area contributed by atoms with Crippen LogP contribution in [-0.2, 0) is 9.53 Å². The van der Waals surface area contributed by atoms with E-state index in [1.807, 2.05) is 6.92 Å². The Morgan fingerprint density at radius 1 is 1.38 bits per heavy atom. The summed E-state index contributed by atoms with van der Waals surface area (Å²) in [5.41, 5.74) is 1.81. The first-order valence-electron chi connectivity index (χ1n) is 7.57. The van der Waals surface area contributed by atoms with E-state index >= 15 is 0 Å². The van der Waals surface area contributed by atoms with E-state index in [2.05, 4.69) is 5.32 Å². The summed E-state index contributed by atoms with van der Waals surface area (Å²) in [5.74, 6) is 0.678. The van der Waals surface area contributed by atoms with Crippen molar-refractivity contribution in [1.29, 1.82) is 0 Å². The molecule has 114 valence electrons. The number of carbonyl (C=O) groups excluding carboxylic acids is 1. The summed E-state index contributed by atoms with van der Waals surface area (Å²) in [6.07, 6.45) is 2.56. The molecule has 1 aromatic carbocycles. The third kappa shape index (κ3) is 2.70. The predicted octanol–water partition coefficient (Wildman–Crippen LogP) is 2.44. The topological polar surface area (TPSA) is 67.8 Å². The van der Waals surface area contributed by atoms with Gasteiger partial charge in [0.25, 0.3) is 0 Å². The number of ether oxygens (including phenoxy) is 2. The molecule has 2 atom stereocenters. The molecule has 0 radical (unpaired) electrons. The smallest absolute Gasteiger partial charge is 0.163 e. The van der Waals surface area contributed by atoms with Gasteiger partial charge in [0.1, 0.15) is 12.4 Å². The first-order valence-corrected chi connectivity index (χ1v) is 7.57. The Hall–Kier alpha value is -1.75. The van der Waals surface area contributed by atoms with Crippen molar-refractivity contribution in [3.8, 4) is 11.5 Å². The molecule has 1 saturated carbocycles. The van der Waals surface area contributed by atoms with Gasteiger partial charge in [-0.15, -0.1) is 0 Å². The summed E-state index contributed by atoms with van der Waals surface area (Å²) in [4.78, 5) is 12.1. The lowest BCUT2D eigenvalue weighted by Gasteiger charge is -2.24. The highest BCUT2D eigenvalue weighted by atomic mass is 16.5. The Labute approximate surface area is 124 Å². The Morgan fingerprint density at radius 3 is 3.05 bits per heavy atom. The molecule has 1 aliphatic heterocycles. The second-order valence-electron chi connectivity index (χ2n) is 5.54. The fourth-order valence-electron chi connectivity index (χ4n) is 3.23. The maximum atomic E-state index is 12.1. The Balaban J connectivity index is 1.78. The van der Waals surface area contributed by atoms with Crippen LogP contribution in [0.3, 0.4) is 0 Å². The van der Waals surface area contributed by atoms with Crippen LogP contribution in [0, 0.1) is 0 Å². The van der Waals surface area contributed by atoms with Crippen molar-refractivity contribution in [1.82, 2.24) is 0 Å². The van der Waals surface area contributed by atoms with Gasteiger partial charge in [0, 0.05) is 30.8 Å². The molecular weight excluding hydrogens is 270 g/mol. The summed E-state index contributed by atoms with van der Waals surface area (Å²) in [7, 11) is 0. The second kappa shape index (κ2) is 5.93. The van der Waals surface area contributed by atoms with E-state index in [-0.39, 0.29) is 23.5 Å². The summed E-state index contributed by atoms with van der Waals surface area (Å²) in [6.45, 7) is 3.46. The first-order chi connectivity index (χ1) is 10.2. The molecule has 2 aliphatic rings. The van der Waals surface area contributed by atoms with Crippen molar-refractivity contribution in [2.24, 2.45) is 0 Å². The number of carbonyl (C=O) groups is 1. The minimum Gasteiger partial charge on any atom is -0.504 e. The van der Waals surface area contributed by atoms with Crippen LogP contribution in [0.2, 0.25) is 0 Å². The van der Waals surface area contributed by atoms with E-state index in [0.29, 0.717) is 32.0 Å². The molecule has 0 spiro atoms. The van der Waals surface area contributed by atoms with Gasteiger partial charge in [0.05, 0.1) is 12.5 Å². The van der Waals surface area contributed by atoms with Gasteiger partial charge in [-0.05, 0) is 31.4 Å². The van der Waals surface area contributed by atoms with Gasteiger partial charge >= 0.3 is 0 Å². The average molecular weight is 291 g/mol. The van der Waals surface area contributed by atoms with Crippen LogP contribution in [0.15, 0.2) is 12.1 Å². The number of benzene rings is 1. The summed E-state index contributed by atoms with van der Waals surface area (Å²) >= 11 is 0. The number of ketones is 1. The molecule has 1 aliphatic carbocycles. The van der Waals surface area contributed by atoms with Crippen LogP contribution in [-0.4, -0.2) is 36.8 Å². The van der Waals surface area contributed by atoms with Crippen molar-refractivity contribution >= 4 is 11.5 Å². The quantitative estimate of drug-likeness (QED) is 0.644. The highest BCUT2D eigenvalue weighted by Gasteiger charge is 2.40. The van der Waals surface area contributed by atoms with Gasteiger partial charge in [-0.1, -0.05) is 0 Å². The van der Waals surface area contributed by atoms with Crippen LogP contribution >= 0.6 is 0 Å². The third-order valence-electron chi connectivity index (χ3n) is 4.18. The van der Waals surface area contributed by atoms with Crippen molar-refractivity contribution in [3.63, 3.8) is 0 Å². The van der Waals surface area contributed by atoms with E-state index in [1.54, 1.807) is 12.1 Å². The number of anilines is 1. The Kier molecular flexibility index (Phi) is 4.01. The van der Waals surface area contributed by atoms with E-state index < -0.39 is 0 Å². The lowest BCUT2D eigenvalue weighted by atomic mass is 9.81. The van der Waals surface area contributed by atoms with Crippen molar-refractivity contribution < 1.29 is 19.4 Å². The summed E-state index contributed by atoms with van der Waals surface area (Å²) < 4.78 is 10.8. The molecule has 21 heavy (non-hydrogen) atoms. The fourth-order valence-corrected chi connectivity index (χ4v) is 3.23. The Morgan fingerprint density at radius 2 is 2.24 bits per heavy atom. The van der Waals surface area contributed by atoms with Crippen LogP contribution in [0.25, 0.3) is 0 Å². The molecule has 1 aromatic rings. The van der Waals surface area contributed by atoms with Gasteiger partial charge in [-0.2, -0.15) is 0 Å². The maximum absolute atomic E-state index is 12.1. The van der Waals surface area contributed by atoms with E-state index in [0.717, 1.165) is 24.1 Å². The molecule has 5 nitrogen and oxygen atoms in total. The average Bonchev–Trinajstić information content (AvgIpc) is 2.82. The highest BCUT2D eigenvalue weighted by Crippen LogP contribution is 2.46. The molecule has 5 heteroatoms. The number of nitrogens with one attached hydrogen (secondary N) is 1. The van der Waals surface area contributed by atoms with E-state index in [4.69, 9.17) is 9.47 Å². The zero-order valence-corrected chi connectivity index (χ0v) is 12.2. The van der Waals surface area contributed by atoms with Crippen molar-refractivity contribution in [2.75, 3.05) is 25.1 Å². The SMILES string of the molecule is CCOCCOc1cc2c(cc1O)C1C(=O)CCCC1N2. The molecule has 0 aromatic heterocycles. The van der Waals surface area contributed by atoms with E-state index in [1.165, 1.54) is 0 Å². The summed E-state index contributed by atoms with van der Waals surface area (Å²) in [6, 6.07) is 3.63. The van der Waals surface area contributed by atoms with Gasteiger partial charge in [-0.3, -0.25) is 4.79 Å². The van der Waals surface area contributed by atoms with E-state index in [9.17, 15) is 9.90 Å². The molecule has 0 bridgehead atoms. The molecule has 2 N–H and O–H groups in total. The van der Waals surface area contributed by atoms with Crippen LogP contribution < -0.4 is 10.1 Å². The van der Waals surface area contributed by atoms with Crippen LogP contribution in [0.5, 0.6) is 11.5 Å². The minimum absolute atomic E-state index is 0.0890. The van der Waals surface area contributed by atoms with Crippen molar-refractivity contribution in [2.45, 2.75) is 38.1 Å². The molecule has 0 amide bonds. The normalized spacial score (nSPS) is 23.4. The lowest BCUT2D eigenvalue weighted by Crippen LogP contribution is -2.30. The predicted molar refractivity (Wildman–Crippen MR) is 79.1 cm³/mol. The maximum Gasteiger partial charge on any atom is 0.163 e. The zero-order chi connectivity index (χ0) is 14.8. The summed E-state index contributed by atoms with van der Waals surface area (Å²) in [5, 5.41) is 13.5. The van der Waals surface area contributed by atoms with Gasteiger partial charge in [-0.25, -0.2) is 0 Å². The largest absolute Gasteiger partial charge is 0.504 e. The van der Waals surface area contributed by atoms with Crippen LogP contribution in [0.1, 0.15) is 37.7 Å². The lowest BCUT2D eigenvalue weighted by molar-refractivity contribution is -0.121. The number of hydrogen-bond donors (Lipinski definition) is 2. The number of hydrogen-bond acceptors (Lipinski definition) is 5. The van der Waals surface area contributed by atoms with Gasteiger partial charge in [0.2, 0.25) is 0 Å². The number of Topliss-reactive ketones (excluding diaryl/α,β-unsaturated/α-hetero) is 1. The molecule has 1 heterocycles. The number of rotatable bonds is 5.